The predicted molar refractivity (Wildman–Crippen MR) is 98.4 cm³/mol. The summed E-state index contributed by atoms with van der Waals surface area (Å²) in [4.78, 5) is 11.5. The second-order valence-electron chi connectivity index (χ2n) is 6.16. The van der Waals surface area contributed by atoms with Gasteiger partial charge in [0.15, 0.2) is 0 Å². The van der Waals surface area contributed by atoms with E-state index in [0.29, 0.717) is 6.54 Å². The summed E-state index contributed by atoms with van der Waals surface area (Å²) in [7, 11) is 0. The lowest BCUT2D eigenvalue weighted by Crippen LogP contribution is -2.37. The van der Waals surface area contributed by atoms with Crippen LogP contribution < -0.4 is 15.8 Å². The van der Waals surface area contributed by atoms with Crippen LogP contribution in [0.25, 0.3) is 11.1 Å². The van der Waals surface area contributed by atoms with Gasteiger partial charge in [-0.05, 0) is 48.2 Å². The Kier molecular flexibility index (Phi) is 5.86. The van der Waals surface area contributed by atoms with Crippen molar-refractivity contribution in [1.82, 2.24) is 5.32 Å². The first-order valence-corrected chi connectivity index (χ1v) is 7.95. The van der Waals surface area contributed by atoms with Crippen molar-refractivity contribution < 1.29 is 9.53 Å². The van der Waals surface area contributed by atoms with E-state index < -0.39 is 6.04 Å². The van der Waals surface area contributed by atoms with Crippen molar-refractivity contribution in [2.24, 2.45) is 5.73 Å². The number of hydrogen-bond acceptors (Lipinski definition) is 3. The molecule has 1 amide bonds. The maximum absolute atomic E-state index is 11.5. The van der Waals surface area contributed by atoms with E-state index in [2.05, 4.69) is 36.5 Å². The van der Waals surface area contributed by atoms with Crippen LogP contribution in [0.3, 0.4) is 0 Å². The molecule has 1 aliphatic rings. The molecule has 1 unspecified atom stereocenters. The molecule has 4 nitrogen and oxygen atoms in total. The van der Waals surface area contributed by atoms with Gasteiger partial charge in [0.2, 0.25) is 5.91 Å². The molecule has 3 rings (SSSR count). The number of carbonyl (C=O) groups excluding carboxylic acids is 1. The van der Waals surface area contributed by atoms with E-state index >= 15 is 0 Å². The number of benzene rings is 2. The van der Waals surface area contributed by atoms with E-state index in [1.807, 2.05) is 18.2 Å². The van der Waals surface area contributed by atoms with E-state index in [1.54, 1.807) is 6.92 Å². The maximum Gasteiger partial charge on any atom is 0.236 e. The molecular formula is C19H23ClN2O2. The van der Waals surface area contributed by atoms with Crippen molar-refractivity contribution in [1.29, 1.82) is 0 Å². The molecule has 2 aromatic carbocycles. The van der Waals surface area contributed by atoms with Crippen LogP contribution in [0.15, 0.2) is 42.5 Å². The molecule has 0 saturated heterocycles. The highest BCUT2D eigenvalue weighted by atomic mass is 35.5. The van der Waals surface area contributed by atoms with Gasteiger partial charge >= 0.3 is 0 Å². The lowest BCUT2D eigenvalue weighted by atomic mass is 10.00. The van der Waals surface area contributed by atoms with Crippen LogP contribution in [0.4, 0.5) is 0 Å². The number of nitrogens with one attached hydrogen (secondary N) is 1. The third-order valence-corrected chi connectivity index (χ3v) is 4.06. The number of carbonyl (C=O) groups is 1. The van der Waals surface area contributed by atoms with Crippen molar-refractivity contribution >= 4 is 18.3 Å². The molecule has 0 radical (unpaired) electrons. The highest BCUT2D eigenvalue weighted by Gasteiger charge is 2.19. The highest BCUT2D eigenvalue weighted by Crippen LogP contribution is 2.32. The van der Waals surface area contributed by atoms with E-state index in [1.165, 1.54) is 11.1 Å². The molecule has 1 aliphatic heterocycles. The Morgan fingerprint density at radius 3 is 2.58 bits per heavy atom. The summed E-state index contributed by atoms with van der Waals surface area (Å²) >= 11 is 0. The minimum atomic E-state index is -0.481. The van der Waals surface area contributed by atoms with Gasteiger partial charge in [0.05, 0.1) is 6.04 Å². The zero-order valence-electron chi connectivity index (χ0n) is 13.9. The van der Waals surface area contributed by atoms with Crippen LogP contribution in [0.1, 0.15) is 25.0 Å². The Labute approximate surface area is 148 Å². The summed E-state index contributed by atoms with van der Waals surface area (Å²) in [6.45, 7) is 4.26. The molecule has 2 aromatic rings. The van der Waals surface area contributed by atoms with Crippen LogP contribution in [-0.4, -0.2) is 18.1 Å². The topological polar surface area (TPSA) is 64.4 Å². The molecule has 128 valence electrons. The van der Waals surface area contributed by atoms with E-state index in [0.717, 1.165) is 23.3 Å². The normalized spacial score (nSPS) is 16.5. The number of rotatable bonds is 4. The van der Waals surface area contributed by atoms with Crippen LogP contribution in [-0.2, 0) is 17.8 Å². The lowest BCUT2D eigenvalue weighted by Gasteiger charge is -2.09. The van der Waals surface area contributed by atoms with Gasteiger partial charge in [0, 0.05) is 13.0 Å². The monoisotopic (exact) mass is 346 g/mol. The van der Waals surface area contributed by atoms with Crippen molar-refractivity contribution in [3.05, 3.63) is 53.6 Å². The van der Waals surface area contributed by atoms with Crippen molar-refractivity contribution in [3.8, 4) is 16.9 Å². The zero-order chi connectivity index (χ0) is 16.4. The minimum Gasteiger partial charge on any atom is -0.490 e. The number of amides is 1. The van der Waals surface area contributed by atoms with Crippen molar-refractivity contribution in [2.45, 2.75) is 39.0 Å². The number of fused-ring (bicyclic) bond motifs is 1. The van der Waals surface area contributed by atoms with E-state index in [9.17, 15) is 4.79 Å². The Hall–Kier alpha value is -2.04. The Balaban J connectivity index is 0.00000208. The molecule has 1 heterocycles. The maximum atomic E-state index is 11.5. The molecule has 0 spiro atoms. The number of ether oxygens (including phenoxy) is 1. The predicted octanol–water partition coefficient (Wildman–Crippen LogP) is 3.06. The second-order valence-corrected chi connectivity index (χ2v) is 6.16. The van der Waals surface area contributed by atoms with Gasteiger partial charge in [-0.2, -0.15) is 0 Å². The lowest BCUT2D eigenvalue weighted by molar-refractivity contribution is -0.122. The summed E-state index contributed by atoms with van der Waals surface area (Å²) < 4.78 is 5.74. The summed E-state index contributed by atoms with van der Waals surface area (Å²) in [5, 5.41) is 2.82. The first-order chi connectivity index (χ1) is 11.0. The smallest absolute Gasteiger partial charge is 0.236 e. The molecule has 2 atom stereocenters. The average molecular weight is 347 g/mol. The Morgan fingerprint density at radius 2 is 1.92 bits per heavy atom. The highest BCUT2D eigenvalue weighted by molar-refractivity contribution is 5.85. The molecular weight excluding hydrogens is 324 g/mol. The minimum absolute atomic E-state index is 0. The fourth-order valence-corrected chi connectivity index (χ4v) is 2.77. The molecule has 0 aromatic heterocycles. The standard InChI is InChI=1S/C19H22N2O2.ClH/c1-12-9-17-10-16(7-8-18(17)23-12)15-5-3-14(4-6-15)11-21-19(22)13(2)20;/h3-8,10,12-13H,9,11,20H2,1-2H3,(H,21,22);1H/t12?,13-;/m1./s1. The SMILES string of the molecule is CC1Cc2cc(-c3ccc(CNC(=O)[C@@H](C)N)cc3)ccc2O1.Cl. The molecule has 0 saturated carbocycles. The van der Waals surface area contributed by atoms with Gasteiger partial charge in [-0.25, -0.2) is 0 Å². The van der Waals surface area contributed by atoms with Gasteiger partial charge in [-0.3, -0.25) is 4.79 Å². The van der Waals surface area contributed by atoms with Gasteiger partial charge < -0.3 is 15.8 Å². The first kappa shape index (κ1) is 18.3. The van der Waals surface area contributed by atoms with Crippen LogP contribution in [0, 0.1) is 0 Å². The van der Waals surface area contributed by atoms with Crippen LogP contribution in [0.5, 0.6) is 5.75 Å². The molecule has 3 N–H and O–H groups in total. The Bertz CT molecular complexity index is 714. The quantitative estimate of drug-likeness (QED) is 0.894. The number of halogens is 1. The second kappa shape index (κ2) is 7.69. The summed E-state index contributed by atoms with van der Waals surface area (Å²) in [6.07, 6.45) is 1.22. The molecule has 0 aliphatic carbocycles. The van der Waals surface area contributed by atoms with Gasteiger partial charge in [-0.15, -0.1) is 12.4 Å². The summed E-state index contributed by atoms with van der Waals surface area (Å²) in [5.41, 5.74) is 10.2. The molecule has 0 fully saturated rings. The third-order valence-electron chi connectivity index (χ3n) is 4.06. The van der Waals surface area contributed by atoms with Crippen LogP contribution in [0.2, 0.25) is 0 Å². The van der Waals surface area contributed by atoms with Crippen molar-refractivity contribution in [2.75, 3.05) is 0 Å². The first-order valence-electron chi connectivity index (χ1n) is 7.95. The van der Waals surface area contributed by atoms with Crippen LogP contribution >= 0.6 is 12.4 Å². The third kappa shape index (κ3) is 4.08. The zero-order valence-corrected chi connectivity index (χ0v) is 14.7. The fraction of sp³-hybridized carbons (Fsp3) is 0.316. The van der Waals surface area contributed by atoms with Crippen molar-refractivity contribution in [3.63, 3.8) is 0 Å². The van der Waals surface area contributed by atoms with E-state index in [4.69, 9.17) is 10.5 Å². The number of hydrogen-bond donors (Lipinski definition) is 2. The summed E-state index contributed by atoms with van der Waals surface area (Å²) in [6, 6.07) is 14.1. The Morgan fingerprint density at radius 1 is 1.25 bits per heavy atom. The van der Waals surface area contributed by atoms with E-state index in [-0.39, 0.29) is 24.4 Å². The molecule has 0 bridgehead atoms. The van der Waals surface area contributed by atoms with Gasteiger partial charge in [-0.1, -0.05) is 30.3 Å². The number of nitrogens with two attached hydrogens (primary N) is 1. The fourth-order valence-electron chi connectivity index (χ4n) is 2.77. The molecule has 24 heavy (non-hydrogen) atoms. The van der Waals surface area contributed by atoms with Gasteiger partial charge in [0.25, 0.3) is 0 Å². The average Bonchev–Trinajstić information content (AvgIpc) is 2.92. The van der Waals surface area contributed by atoms with Gasteiger partial charge in [0.1, 0.15) is 11.9 Å². The largest absolute Gasteiger partial charge is 0.490 e. The molecule has 5 heteroatoms. The summed E-state index contributed by atoms with van der Waals surface area (Å²) in [5.74, 6) is 0.860.